The van der Waals surface area contributed by atoms with Crippen molar-refractivity contribution < 1.29 is 9.18 Å². The van der Waals surface area contributed by atoms with Crippen molar-refractivity contribution in [3.05, 3.63) is 71.0 Å². The zero-order chi connectivity index (χ0) is 12.5. The molecule has 0 amide bonds. The van der Waals surface area contributed by atoms with Crippen molar-refractivity contribution in [2.24, 2.45) is 0 Å². The van der Waals surface area contributed by atoms with E-state index in [9.17, 15) is 9.18 Å². The molecule has 1 nitrogen and oxygen atoms in total. The molecule has 3 rings (SSSR count). The van der Waals surface area contributed by atoms with Crippen LogP contribution in [0.5, 0.6) is 0 Å². The second-order valence-electron chi connectivity index (χ2n) is 4.67. The Bertz CT molecular complexity index is 589. The Balaban J connectivity index is 2.02. The molecule has 1 aliphatic rings. The van der Waals surface area contributed by atoms with Crippen LogP contribution in [0.2, 0.25) is 0 Å². The number of Topliss-reactive ketones (excluding diaryl/α,β-unsaturated/α-hetero) is 1. The van der Waals surface area contributed by atoms with Crippen molar-refractivity contribution in [1.82, 2.24) is 0 Å². The van der Waals surface area contributed by atoms with Gasteiger partial charge in [-0.3, -0.25) is 4.79 Å². The minimum absolute atomic E-state index is 0.0435. The predicted octanol–water partition coefficient (Wildman–Crippen LogP) is 3.74. The van der Waals surface area contributed by atoms with Crippen LogP contribution in [0.3, 0.4) is 0 Å². The fourth-order valence-corrected chi connectivity index (χ4v) is 2.62. The van der Waals surface area contributed by atoms with Gasteiger partial charge in [-0.05, 0) is 36.1 Å². The van der Waals surface area contributed by atoms with Crippen molar-refractivity contribution in [2.45, 2.75) is 18.8 Å². The van der Waals surface area contributed by atoms with Crippen LogP contribution in [0.25, 0.3) is 0 Å². The fourth-order valence-electron chi connectivity index (χ4n) is 2.62. The number of rotatable bonds is 1. The molecule has 0 N–H and O–H groups in total. The van der Waals surface area contributed by atoms with E-state index < -0.39 is 0 Å². The molecule has 1 aliphatic carbocycles. The largest absolute Gasteiger partial charge is 0.293 e. The average molecular weight is 240 g/mol. The standard InChI is InChI=1S/C16H13FO/c17-13-8-6-12-7-9-14(16(18)15(12)10-13)11-4-2-1-3-5-11/h1-6,8,10,14H,7,9H2. The van der Waals surface area contributed by atoms with Gasteiger partial charge >= 0.3 is 0 Å². The van der Waals surface area contributed by atoms with Crippen LogP contribution >= 0.6 is 0 Å². The second-order valence-corrected chi connectivity index (χ2v) is 4.67. The molecule has 18 heavy (non-hydrogen) atoms. The quantitative estimate of drug-likeness (QED) is 0.742. The Morgan fingerprint density at radius 1 is 1.06 bits per heavy atom. The monoisotopic (exact) mass is 240 g/mol. The zero-order valence-corrected chi connectivity index (χ0v) is 9.90. The molecule has 0 spiro atoms. The summed E-state index contributed by atoms with van der Waals surface area (Å²) in [5.74, 6) is -0.418. The molecule has 0 aliphatic heterocycles. The fraction of sp³-hybridized carbons (Fsp3) is 0.188. The Kier molecular flexibility index (Phi) is 2.71. The van der Waals surface area contributed by atoms with Gasteiger partial charge in [0.1, 0.15) is 5.82 Å². The highest BCUT2D eigenvalue weighted by Gasteiger charge is 2.28. The van der Waals surface area contributed by atoms with Gasteiger partial charge in [0, 0.05) is 11.5 Å². The first-order valence-corrected chi connectivity index (χ1v) is 6.13. The minimum Gasteiger partial charge on any atom is -0.293 e. The van der Waals surface area contributed by atoms with E-state index in [1.165, 1.54) is 12.1 Å². The van der Waals surface area contributed by atoms with Gasteiger partial charge in [-0.2, -0.15) is 0 Å². The number of carbonyl (C=O) groups is 1. The normalized spacial score (nSPS) is 18.5. The molecule has 90 valence electrons. The van der Waals surface area contributed by atoms with E-state index in [1.807, 2.05) is 30.3 Å². The Labute approximate surface area is 105 Å². The lowest BCUT2D eigenvalue weighted by Crippen LogP contribution is -2.21. The van der Waals surface area contributed by atoms with E-state index in [0.29, 0.717) is 5.56 Å². The van der Waals surface area contributed by atoms with E-state index in [-0.39, 0.29) is 17.5 Å². The van der Waals surface area contributed by atoms with Crippen molar-refractivity contribution >= 4 is 5.78 Å². The first kappa shape index (κ1) is 11.1. The molecule has 0 bridgehead atoms. The second kappa shape index (κ2) is 4.37. The number of carbonyl (C=O) groups excluding carboxylic acids is 1. The first-order valence-electron chi connectivity index (χ1n) is 6.13. The van der Waals surface area contributed by atoms with Gasteiger partial charge in [0.2, 0.25) is 0 Å². The summed E-state index contributed by atoms with van der Waals surface area (Å²) in [6.07, 6.45) is 1.64. The summed E-state index contributed by atoms with van der Waals surface area (Å²) in [4.78, 5) is 12.4. The maximum Gasteiger partial charge on any atom is 0.170 e. The number of hydrogen-bond acceptors (Lipinski definition) is 1. The molecule has 2 aromatic rings. The maximum absolute atomic E-state index is 13.2. The van der Waals surface area contributed by atoms with Gasteiger partial charge in [0.15, 0.2) is 5.78 Å². The highest BCUT2D eigenvalue weighted by molar-refractivity contribution is 6.03. The molecule has 0 radical (unpaired) electrons. The van der Waals surface area contributed by atoms with E-state index in [4.69, 9.17) is 0 Å². The molecule has 1 atom stereocenters. The van der Waals surface area contributed by atoms with Crippen molar-refractivity contribution in [3.8, 4) is 0 Å². The summed E-state index contributed by atoms with van der Waals surface area (Å²) < 4.78 is 13.2. The summed E-state index contributed by atoms with van der Waals surface area (Å²) in [5, 5.41) is 0. The van der Waals surface area contributed by atoms with Crippen LogP contribution < -0.4 is 0 Å². The zero-order valence-electron chi connectivity index (χ0n) is 9.90. The lowest BCUT2D eigenvalue weighted by molar-refractivity contribution is 0.0945. The van der Waals surface area contributed by atoms with E-state index in [0.717, 1.165) is 24.0 Å². The van der Waals surface area contributed by atoms with E-state index >= 15 is 0 Å². The topological polar surface area (TPSA) is 17.1 Å². The minimum atomic E-state index is -0.337. The smallest absolute Gasteiger partial charge is 0.170 e. The average Bonchev–Trinajstić information content (AvgIpc) is 2.41. The van der Waals surface area contributed by atoms with Gasteiger partial charge in [-0.15, -0.1) is 0 Å². The lowest BCUT2D eigenvalue weighted by Gasteiger charge is -2.23. The number of aryl methyl sites for hydroxylation is 1. The summed E-state index contributed by atoms with van der Waals surface area (Å²) in [5.41, 5.74) is 2.54. The molecule has 2 heteroatoms. The van der Waals surface area contributed by atoms with Crippen molar-refractivity contribution in [1.29, 1.82) is 0 Å². The van der Waals surface area contributed by atoms with Gasteiger partial charge in [0.25, 0.3) is 0 Å². The first-order chi connectivity index (χ1) is 8.75. The molecule has 0 saturated carbocycles. The SMILES string of the molecule is O=C1c2cc(F)ccc2CCC1c1ccccc1. The van der Waals surface area contributed by atoms with E-state index in [1.54, 1.807) is 6.07 Å². The summed E-state index contributed by atoms with van der Waals surface area (Å²) in [6, 6.07) is 14.3. The predicted molar refractivity (Wildman–Crippen MR) is 68.2 cm³/mol. The highest BCUT2D eigenvalue weighted by atomic mass is 19.1. The lowest BCUT2D eigenvalue weighted by atomic mass is 9.79. The van der Waals surface area contributed by atoms with Crippen molar-refractivity contribution in [2.75, 3.05) is 0 Å². The maximum atomic E-state index is 13.2. The number of ketones is 1. The molecule has 0 fully saturated rings. The van der Waals surface area contributed by atoms with Crippen LogP contribution in [-0.2, 0) is 6.42 Å². The Morgan fingerprint density at radius 2 is 1.83 bits per heavy atom. The number of benzene rings is 2. The summed E-state index contributed by atoms with van der Waals surface area (Å²) >= 11 is 0. The molecular weight excluding hydrogens is 227 g/mol. The third-order valence-corrected chi connectivity index (χ3v) is 3.56. The molecule has 0 aromatic heterocycles. The van der Waals surface area contributed by atoms with E-state index in [2.05, 4.69) is 0 Å². The van der Waals surface area contributed by atoms with Gasteiger partial charge < -0.3 is 0 Å². The molecule has 2 aromatic carbocycles. The molecular formula is C16H13FO. The summed E-state index contributed by atoms with van der Waals surface area (Å²) in [7, 11) is 0. The van der Waals surface area contributed by atoms with Crippen molar-refractivity contribution in [3.63, 3.8) is 0 Å². The number of fused-ring (bicyclic) bond motifs is 1. The van der Waals surface area contributed by atoms with Gasteiger partial charge in [0.05, 0.1) is 0 Å². The molecule has 0 heterocycles. The Hall–Kier alpha value is -1.96. The molecule has 1 unspecified atom stereocenters. The number of halogens is 1. The van der Waals surface area contributed by atoms with Crippen LogP contribution in [-0.4, -0.2) is 5.78 Å². The van der Waals surface area contributed by atoms with Gasteiger partial charge in [-0.1, -0.05) is 36.4 Å². The van der Waals surface area contributed by atoms with Crippen LogP contribution in [0.4, 0.5) is 4.39 Å². The third kappa shape index (κ3) is 1.84. The third-order valence-electron chi connectivity index (χ3n) is 3.56. The van der Waals surface area contributed by atoms with Gasteiger partial charge in [-0.25, -0.2) is 4.39 Å². The highest BCUT2D eigenvalue weighted by Crippen LogP contribution is 2.32. The van der Waals surface area contributed by atoms with Crippen LogP contribution in [0, 0.1) is 5.82 Å². The number of hydrogen-bond donors (Lipinski definition) is 0. The summed E-state index contributed by atoms with van der Waals surface area (Å²) in [6.45, 7) is 0. The van der Waals surface area contributed by atoms with Crippen LogP contribution in [0.1, 0.15) is 33.8 Å². The Morgan fingerprint density at radius 3 is 2.61 bits per heavy atom. The van der Waals surface area contributed by atoms with Crippen LogP contribution in [0.15, 0.2) is 48.5 Å². The molecule has 0 saturated heterocycles.